The fourth-order valence-electron chi connectivity index (χ4n) is 3.29. The predicted octanol–water partition coefficient (Wildman–Crippen LogP) is 4.08. The van der Waals surface area contributed by atoms with Crippen LogP contribution >= 0.6 is 0 Å². The highest BCUT2D eigenvalue weighted by Crippen LogP contribution is 2.34. The number of hydrogen-bond acceptors (Lipinski definition) is 4. The summed E-state index contributed by atoms with van der Waals surface area (Å²) in [5.41, 5.74) is 6.90. The van der Waals surface area contributed by atoms with Gasteiger partial charge in [-0.1, -0.05) is 6.92 Å². The maximum atomic E-state index is 14.9. The van der Waals surface area contributed by atoms with Crippen LogP contribution in [0.25, 0.3) is 33.5 Å². The molecule has 6 nitrogen and oxygen atoms in total. The van der Waals surface area contributed by atoms with Crippen LogP contribution in [-0.4, -0.2) is 25.3 Å². The lowest BCUT2D eigenvalue weighted by molar-refractivity contribution is 0.0989. The summed E-state index contributed by atoms with van der Waals surface area (Å²) < 4.78 is 31.4. The number of imidazole rings is 1. The number of Topliss-reactive ketones (excluding diaryl/α,β-unsaturated/α-hetero) is 1. The van der Waals surface area contributed by atoms with Gasteiger partial charge >= 0.3 is 0 Å². The Hall–Kier alpha value is -3.55. The smallest absolute Gasteiger partial charge is 0.164 e. The lowest BCUT2D eigenvalue weighted by Gasteiger charge is -2.07. The molecule has 0 saturated carbocycles. The van der Waals surface area contributed by atoms with Crippen molar-refractivity contribution in [3.05, 3.63) is 54.0 Å². The average molecular weight is 381 g/mol. The van der Waals surface area contributed by atoms with E-state index >= 15 is 0 Å². The van der Waals surface area contributed by atoms with Crippen molar-refractivity contribution in [1.29, 1.82) is 0 Å². The number of aromatic nitrogens is 4. The summed E-state index contributed by atoms with van der Waals surface area (Å²) in [6.45, 7) is 1.73. The van der Waals surface area contributed by atoms with Gasteiger partial charge in [0.2, 0.25) is 0 Å². The molecule has 4 rings (SSSR count). The SMILES string of the molecule is CCC(=O)c1cnc(N)c2[nH]c(-c3c(F)cc(-c4nccn4C)cc3F)cc12. The number of aryl methyl sites for hydroxylation is 1. The normalized spacial score (nSPS) is 11.3. The van der Waals surface area contributed by atoms with E-state index in [9.17, 15) is 13.6 Å². The van der Waals surface area contributed by atoms with Gasteiger partial charge < -0.3 is 15.3 Å². The minimum absolute atomic E-state index is 0.130. The highest BCUT2D eigenvalue weighted by atomic mass is 19.1. The fraction of sp³-hybridized carbons (Fsp3) is 0.150. The molecule has 0 fully saturated rings. The van der Waals surface area contributed by atoms with Crippen LogP contribution in [0.4, 0.5) is 14.6 Å². The van der Waals surface area contributed by atoms with Crippen LogP contribution in [0, 0.1) is 11.6 Å². The molecule has 0 aliphatic heterocycles. The van der Waals surface area contributed by atoms with Crippen LogP contribution in [0.3, 0.4) is 0 Å². The molecular weight excluding hydrogens is 364 g/mol. The molecule has 0 bridgehead atoms. The van der Waals surface area contributed by atoms with E-state index in [0.717, 1.165) is 0 Å². The molecule has 0 spiro atoms. The number of ketones is 1. The van der Waals surface area contributed by atoms with Crippen molar-refractivity contribution in [1.82, 2.24) is 19.5 Å². The second-order valence-electron chi connectivity index (χ2n) is 6.48. The zero-order chi connectivity index (χ0) is 20.0. The van der Waals surface area contributed by atoms with Crippen LogP contribution in [0.1, 0.15) is 23.7 Å². The predicted molar refractivity (Wildman–Crippen MR) is 103 cm³/mol. The molecule has 142 valence electrons. The molecule has 3 heterocycles. The highest BCUT2D eigenvalue weighted by Gasteiger charge is 2.20. The summed E-state index contributed by atoms with van der Waals surface area (Å²) in [6, 6.07) is 3.98. The largest absolute Gasteiger partial charge is 0.382 e. The second-order valence-corrected chi connectivity index (χ2v) is 6.48. The van der Waals surface area contributed by atoms with Crippen molar-refractivity contribution in [3.8, 4) is 22.6 Å². The molecule has 0 saturated heterocycles. The van der Waals surface area contributed by atoms with Crippen molar-refractivity contribution < 1.29 is 13.6 Å². The standard InChI is InChI=1S/C20H17F2N5O/c1-3-16(28)12-9-25-19(23)18-11(12)8-15(26-18)17-13(21)6-10(7-14(17)22)20-24-4-5-27(20)2/h4-9,26H,3H2,1-2H3,(H2,23,25). The van der Waals surface area contributed by atoms with Crippen molar-refractivity contribution in [2.24, 2.45) is 7.05 Å². The molecule has 0 unspecified atom stereocenters. The fourth-order valence-corrected chi connectivity index (χ4v) is 3.29. The van der Waals surface area contributed by atoms with Crippen molar-refractivity contribution in [2.45, 2.75) is 13.3 Å². The van der Waals surface area contributed by atoms with E-state index in [1.54, 1.807) is 30.9 Å². The van der Waals surface area contributed by atoms with Crippen LogP contribution in [0.5, 0.6) is 0 Å². The third-order valence-electron chi connectivity index (χ3n) is 4.71. The van der Waals surface area contributed by atoms with Crippen LogP contribution in [0.15, 0.2) is 36.8 Å². The lowest BCUT2D eigenvalue weighted by atomic mass is 10.0. The van der Waals surface area contributed by atoms with Gasteiger partial charge in [-0.3, -0.25) is 4.79 Å². The first-order valence-electron chi connectivity index (χ1n) is 8.68. The summed E-state index contributed by atoms with van der Waals surface area (Å²) in [6.07, 6.45) is 4.91. The van der Waals surface area contributed by atoms with Crippen LogP contribution in [0.2, 0.25) is 0 Å². The number of carbonyl (C=O) groups is 1. The first-order valence-corrected chi connectivity index (χ1v) is 8.68. The van der Waals surface area contributed by atoms with E-state index in [1.165, 1.54) is 24.4 Å². The summed E-state index contributed by atoms with van der Waals surface area (Å²) >= 11 is 0. The molecule has 28 heavy (non-hydrogen) atoms. The quantitative estimate of drug-likeness (QED) is 0.521. The number of carbonyl (C=O) groups excluding carboxylic acids is 1. The van der Waals surface area contributed by atoms with E-state index in [-0.39, 0.29) is 29.3 Å². The number of anilines is 1. The van der Waals surface area contributed by atoms with Gasteiger partial charge in [0.05, 0.1) is 16.8 Å². The number of hydrogen-bond donors (Lipinski definition) is 2. The zero-order valence-electron chi connectivity index (χ0n) is 15.3. The van der Waals surface area contributed by atoms with Gasteiger partial charge in [-0.15, -0.1) is 0 Å². The average Bonchev–Trinajstić information content (AvgIpc) is 3.28. The lowest BCUT2D eigenvalue weighted by Crippen LogP contribution is -2.00. The van der Waals surface area contributed by atoms with Crippen LogP contribution < -0.4 is 5.73 Å². The molecule has 3 aromatic heterocycles. The molecule has 0 atom stereocenters. The Bertz CT molecular complexity index is 1200. The van der Waals surface area contributed by atoms with Crippen molar-refractivity contribution in [2.75, 3.05) is 5.73 Å². The van der Waals surface area contributed by atoms with Gasteiger partial charge in [0.25, 0.3) is 0 Å². The molecule has 0 aliphatic carbocycles. The maximum absolute atomic E-state index is 14.9. The van der Waals surface area contributed by atoms with Crippen LogP contribution in [-0.2, 0) is 7.05 Å². The molecule has 3 N–H and O–H groups in total. The topological polar surface area (TPSA) is 89.6 Å². The number of fused-ring (bicyclic) bond motifs is 1. The Labute approximate surface area is 159 Å². The monoisotopic (exact) mass is 381 g/mol. The van der Waals surface area contributed by atoms with Gasteiger partial charge in [-0.05, 0) is 18.2 Å². The number of halogens is 2. The zero-order valence-corrected chi connectivity index (χ0v) is 15.3. The van der Waals surface area contributed by atoms with Crippen molar-refractivity contribution in [3.63, 3.8) is 0 Å². The van der Waals surface area contributed by atoms with Gasteiger partial charge in [0.1, 0.15) is 23.3 Å². The summed E-state index contributed by atoms with van der Waals surface area (Å²) in [5.74, 6) is -1.03. The van der Waals surface area contributed by atoms with Gasteiger partial charge in [-0.2, -0.15) is 0 Å². The van der Waals surface area contributed by atoms with Gasteiger partial charge in [0.15, 0.2) is 5.78 Å². The summed E-state index contributed by atoms with van der Waals surface area (Å²) in [5, 5.41) is 0.487. The second kappa shape index (κ2) is 6.56. The Kier molecular flexibility index (Phi) is 4.18. The van der Waals surface area contributed by atoms with E-state index in [2.05, 4.69) is 15.0 Å². The summed E-state index contributed by atoms with van der Waals surface area (Å²) in [4.78, 5) is 23.2. The molecule has 1 aromatic carbocycles. The van der Waals surface area contributed by atoms with Gasteiger partial charge in [-0.25, -0.2) is 18.7 Å². The molecule has 8 heteroatoms. The Morgan fingerprint density at radius 3 is 2.54 bits per heavy atom. The van der Waals surface area contributed by atoms with E-state index in [0.29, 0.717) is 27.9 Å². The number of nitrogens with one attached hydrogen (secondary N) is 1. The van der Waals surface area contributed by atoms with E-state index < -0.39 is 11.6 Å². The first-order chi connectivity index (χ1) is 13.4. The molecular formula is C20H17F2N5O. The van der Waals surface area contributed by atoms with Gasteiger partial charge in [0, 0.05) is 48.6 Å². The Morgan fingerprint density at radius 2 is 1.93 bits per heavy atom. The Balaban J connectivity index is 1.90. The first kappa shape index (κ1) is 17.8. The number of rotatable bonds is 4. The molecule has 4 aromatic rings. The number of H-pyrrole nitrogens is 1. The summed E-state index contributed by atoms with van der Waals surface area (Å²) in [7, 11) is 1.74. The van der Waals surface area contributed by atoms with E-state index in [1.807, 2.05) is 0 Å². The third kappa shape index (κ3) is 2.74. The number of benzene rings is 1. The number of nitrogen functional groups attached to an aromatic ring is 1. The number of nitrogens with zero attached hydrogens (tertiary/aromatic N) is 3. The number of aromatic amines is 1. The molecule has 0 radical (unpaired) electrons. The molecule has 0 amide bonds. The maximum Gasteiger partial charge on any atom is 0.164 e. The van der Waals surface area contributed by atoms with Crippen molar-refractivity contribution >= 4 is 22.5 Å². The minimum atomic E-state index is -0.751. The Morgan fingerprint density at radius 1 is 1.21 bits per heavy atom. The highest BCUT2D eigenvalue weighted by molar-refractivity contribution is 6.10. The molecule has 0 aliphatic rings. The number of nitrogens with two attached hydrogens (primary N) is 1. The minimum Gasteiger partial charge on any atom is -0.382 e. The number of pyridine rings is 1. The van der Waals surface area contributed by atoms with E-state index in [4.69, 9.17) is 5.73 Å². The third-order valence-corrected chi connectivity index (χ3v) is 4.71.